The Bertz CT molecular complexity index is 1280. The van der Waals surface area contributed by atoms with Crippen LogP contribution in [0.2, 0.25) is 5.02 Å². The van der Waals surface area contributed by atoms with Gasteiger partial charge in [-0.3, -0.25) is 4.79 Å². The van der Waals surface area contributed by atoms with Crippen LogP contribution in [0.25, 0.3) is 10.9 Å². The molecule has 0 radical (unpaired) electrons. The predicted molar refractivity (Wildman–Crippen MR) is 133 cm³/mol. The highest BCUT2D eigenvalue weighted by molar-refractivity contribution is 6.31. The van der Waals surface area contributed by atoms with Crippen LogP contribution in [0.4, 0.5) is 29.3 Å². The Morgan fingerprint density at radius 3 is 2.42 bits per heavy atom. The van der Waals surface area contributed by atoms with Crippen LogP contribution in [0.15, 0.2) is 48.5 Å². The maximum absolute atomic E-state index is 13.4. The number of aromatic nitrogens is 1. The summed E-state index contributed by atoms with van der Waals surface area (Å²) < 4.78 is 40.2. The van der Waals surface area contributed by atoms with Crippen molar-refractivity contribution in [2.24, 2.45) is 0 Å². The van der Waals surface area contributed by atoms with Crippen LogP contribution in [-0.4, -0.2) is 36.1 Å². The normalized spacial score (nSPS) is 17.9. The van der Waals surface area contributed by atoms with Crippen molar-refractivity contribution in [1.82, 2.24) is 15.6 Å². The number of rotatable bonds is 5. The molecule has 0 bridgehead atoms. The molecule has 190 valence electrons. The van der Waals surface area contributed by atoms with Crippen molar-refractivity contribution in [3.05, 3.63) is 64.8 Å². The van der Waals surface area contributed by atoms with Gasteiger partial charge < -0.3 is 21.3 Å². The first kappa shape index (κ1) is 25.6. The number of fused-ring (bicyclic) bond motifs is 1. The highest BCUT2D eigenvalue weighted by Gasteiger charge is 2.34. The Labute approximate surface area is 210 Å². The molecule has 1 aliphatic carbocycles. The number of alkyl halides is 3. The summed E-state index contributed by atoms with van der Waals surface area (Å²) in [6.07, 6.45) is -1.92. The second-order valence-corrected chi connectivity index (χ2v) is 9.10. The molecule has 0 atom stereocenters. The molecule has 4 N–H and O–H groups in total. The van der Waals surface area contributed by atoms with Gasteiger partial charge in [-0.1, -0.05) is 17.7 Å². The van der Waals surface area contributed by atoms with Crippen molar-refractivity contribution in [3.8, 4) is 0 Å². The van der Waals surface area contributed by atoms with E-state index < -0.39 is 11.9 Å². The molecule has 3 amide bonds. The van der Waals surface area contributed by atoms with E-state index in [4.69, 9.17) is 11.6 Å². The van der Waals surface area contributed by atoms with E-state index in [-0.39, 0.29) is 29.5 Å². The highest BCUT2D eigenvalue weighted by atomic mass is 35.5. The topological polar surface area (TPSA) is 95.2 Å². The third kappa shape index (κ3) is 6.17. The number of amides is 3. The summed E-state index contributed by atoms with van der Waals surface area (Å²) in [5, 5.41) is 12.3. The van der Waals surface area contributed by atoms with Crippen molar-refractivity contribution >= 4 is 45.8 Å². The second-order valence-electron chi connectivity index (χ2n) is 8.67. The second kappa shape index (κ2) is 10.6. The SMILES string of the molecule is CNC(=O)Nc1cccc(C(=O)NC2CCC(Nc3cc(C(F)(F)F)nc4ccc(Cl)cc34)CC2)c1. The molecule has 1 heterocycles. The Morgan fingerprint density at radius 1 is 1.00 bits per heavy atom. The lowest BCUT2D eigenvalue weighted by Crippen LogP contribution is -2.40. The van der Waals surface area contributed by atoms with Gasteiger partial charge in [0.15, 0.2) is 0 Å². The van der Waals surface area contributed by atoms with Crippen molar-refractivity contribution in [1.29, 1.82) is 0 Å². The molecule has 3 aromatic rings. The van der Waals surface area contributed by atoms with E-state index in [1.54, 1.807) is 30.3 Å². The van der Waals surface area contributed by atoms with E-state index in [9.17, 15) is 22.8 Å². The minimum atomic E-state index is -4.57. The first-order valence-corrected chi connectivity index (χ1v) is 11.8. The average molecular weight is 520 g/mol. The van der Waals surface area contributed by atoms with Gasteiger partial charge in [0.2, 0.25) is 0 Å². The van der Waals surface area contributed by atoms with Gasteiger partial charge >= 0.3 is 12.2 Å². The quantitative estimate of drug-likeness (QED) is 0.342. The third-order valence-electron chi connectivity index (χ3n) is 6.09. The molecule has 0 unspecified atom stereocenters. The minimum absolute atomic E-state index is 0.0658. The van der Waals surface area contributed by atoms with E-state index in [1.165, 1.54) is 19.2 Å². The number of pyridine rings is 1. The highest BCUT2D eigenvalue weighted by Crippen LogP contribution is 2.35. The average Bonchev–Trinajstić information content (AvgIpc) is 2.84. The van der Waals surface area contributed by atoms with Crippen LogP contribution in [0.5, 0.6) is 0 Å². The van der Waals surface area contributed by atoms with Gasteiger partial charge in [-0.2, -0.15) is 13.2 Å². The number of anilines is 2. The number of carbonyl (C=O) groups is 2. The van der Waals surface area contributed by atoms with Crippen LogP contribution < -0.4 is 21.3 Å². The largest absolute Gasteiger partial charge is 0.433 e. The molecular formula is C25H25ClF3N5O2. The van der Waals surface area contributed by atoms with Gasteiger partial charge in [0, 0.05) is 46.5 Å². The molecule has 0 aliphatic heterocycles. The molecule has 36 heavy (non-hydrogen) atoms. The number of nitrogens with one attached hydrogen (secondary N) is 4. The third-order valence-corrected chi connectivity index (χ3v) is 6.33. The van der Waals surface area contributed by atoms with Crippen molar-refractivity contribution in [3.63, 3.8) is 0 Å². The van der Waals surface area contributed by atoms with Gasteiger partial charge in [0.1, 0.15) is 5.69 Å². The Kier molecular flexibility index (Phi) is 7.53. The monoisotopic (exact) mass is 519 g/mol. The summed E-state index contributed by atoms with van der Waals surface area (Å²) in [5.74, 6) is -0.253. The molecule has 0 spiro atoms. The van der Waals surface area contributed by atoms with E-state index in [2.05, 4.69) is 26.3 Å². The van der Waals surface area contributed by atoms with Crippen LogP contribution in [-0.2, 0) is 6.18 Å². The summed E-state index contributed by atoms with van der Waals surface area (Å²) in [5.41, 5.74) is 0.504. The summed E-state index contributed by atoms with van der Waals surface area (Å²) in [4.78, 5) is 28.0. The number of hydrogen-bond acceptors (Lipinski definition) is 4. The molecule has 2 aromatic carbocycles. The van der Waals surface area contributed by atoms with Crippen molar-refractivity contribution in [2.75, 3.05) is 17.7 Å². The zero-order valence-electron chi connectivity index (χ0n) is 19.4. The summed E-state index contributed by atoms with van der Waals surface area (Å²) in [6, 6.07) is 11.7. The number of carbonyl (C=O) groups excluding carboxylic acids is 2. The van der Waals surface area contributed by atoms with Crippen LogP contribution in [0.1, 0.15) is 41.7 Å². The number of hydrogen-bond donors (Lipinski definition) is 4. The number of nitrogens with zero attached hydrogens (tertiary/aromatic N) is 1. The molecule has 0 saturated heterocycles. The fourth-order valence-corrected chi connectivity index (χ4v) is 4.44. The van der Waals surface area contributed by atoms with Gasteiger partial charge in [-0.05, 0) is 68.1 Å². The van der Waals surface area contributed by atoms with Crippen molar-refractivity contribution < 1.29 is 22.8 Å². The van der Waals surface area contributed by atoms with E-state index in [0.29, 0.717) is 53.0 Å². The van der Waals surface area contributed by atoms with Gasteiger partial charge in [0.05, 0.1) is 5.52 Å². The zero-order valence-corrected chi connectivity index (χ0v) is 20.1. The van der Waals surface area contributed by atoms with Crippen LogP contribution in [0, 0.1) is 0 Å². The maximum atomic E-state index is 13.4. The predicted octanol–water partition coefficient (Wildman–Crippen LogP) is 5.81. The molecular weight excluding hydrogens is 495 g/mol. The lowest BCUT2D eigenvalue weighted by Gasteiger charge is -2.31. The fraction of sp³-hybridized carbons (Fsp3) is 0.320. The van der Waals surface area contributed by atoms with Crippen LogP contribution in [0.3, 0.4) is 0 Å². The molecule has 11 heteroatoms. The lowest BCUT2D eigenvalue weighted by atomic mass is 9.90. The number of benzene rings is 2. The van der Waals surface area contributed by atoms with E-state index in [1.807, 2.05) is 0 Å². The minimum Gasteiger partial charge on any atom is -0.382 e. The standard InChI is InChI=1S/C25H25ClF3N5O2/c1-30-24(36)33-18-4-2-3-14(11-18)23(35)32-17-8-6-16(7-9-17)31-21-13-22(25(27,28)29)34-20-10-5-15(26)12-19(20)21/h2-5,10-13,16-17H,6-9H2,1H3,(H,31,34)(H,32,35)(H2,30,33,36). The van der Waals surface area contributed by atoms with Gasteiger partial charge in [0.25, 0.3) is 5.91 Å². The molecule has 4 rings (SSSR count). The summed E-state index contributed by atoms with van der Waals surface area (Å²) in [6.45, 7) is 0. The fourth-order valence-electron chi connectivity index (χ4n) is 4.27. The van der Waals surface area contributed by atoms with Gasteiger partial charge in [-0.15, -0.1) is 0 Å². The van der Waals surface area contributed by atoms with Gasteiger partial charge in [-0.25, -0.2) is 9.78 Å². The first-order valence-electron chi connectivity index (χ1n) is 11.5. The smallest absolute Gasteiger partial charge is 0.382 e. The maximum Gasteiger partial charge on any atom is 0.433 e. The zero-order chi connectivity index (χ0) is 25.9. The Balaban J connectivity index is 1.40. The molecule has 7 nitrogen and oxygen atoms in total. The van der Waals surface area contributed by atoms with Crippen LogP contribution >= 0.6 is 11.6 Å². The summed E-state index contributed by atoms with van der Waals surface area (Å²) >= 11 is 6.08. The molecule has 1 aromatic heterocycles. The molecule has 1 aliphatic rings. The first-order chi connectivity index (χ1) is 17.1. The lowest BCUT2D eigenvalue weighted by molar-refractivity contribution is -0.140. The Hall–Kier alpha value is -3.53. The van der Waals surface area contributed by atoms with E-state index in [0.717, 1.165) is 6.07 Å². The van der Waals surface area contributed by atoms with Crippen molar-refractivity contribution in [2.45, 2.75) is 43.9 Å². The molecule has 1 fully saturated rings. The number of urea groups is 1. The Morgan fingerprint density at radius 2 is 1.72 bits per heavy atom. The summed E-state index contributed by atoms with van der Waals surface area (Å²) in [7, 11) is 1.50. The number of halogens is 4. The van der Waals surface area contributed by atoms with E-state index >= 15 is 0 Å². The molecule has 1 saturated carbocycles.